The van der Waals surface area contributed by atoms with Crippen molar-refractivity contribution in [3.63, 3.8) is 0 Å². The van der Waals surface area contributed by atoms with Crippen LogP contribution in [0, 0.1) is 20.9 Å². The van der Waals surface area contributed by atoms with Crippen LogP contribution in [0.25, 0.3) is 5.73 Å². The molecule has 0 aromatic rings. The van der Waals surface area contributed by atoms with Crippen LogP contribution < -0.4 is 0 Å². The van der Waals surface area contributed by atoms with Crippen LogP contribution in [0.4, 0.5) is 0 Å². The number of nitrogens with one attached hydrogen (secondary N) is 1. The minimum absolute atomic E-state index is 0. The van der Waals surface area contributed by atoms with Crippen molar-refractivity contribution in [2.24, 2.45) is 0 Å². The standard InChI is InChI=1S/C6H16NOSi.C5H5.2CH3.2ClH.H2Si.Zr/c1-9(2,3)8-6-4-5-7;1-2-4-5-3-1;;;;;;/h7H,4-6H2,1-3H3;1-3H,4H2;2*1H3;2*1H;1H2;/q4*-1;;;;. The van der Waals surface area contributed by atoms with Crippen LogP contribution in [0.2, 0.25) is 19.6 Å². The zero-order valence-electron chi connectivity index (χ0n) is 13.5. The topological polar surface area (TPSA) is 33.0 Å². The van der Waals surface area contributed by atoms with Crippen molar-refractivity contribution in [2.45, 2.75) is 32.5 Å². The maximum atomic E-state index is 6.85. The van der Waals surface area contributed by atoms with E-state index in [9.17, 15) is 0 Å². The number of hydrogen-bond donors (Lipinski definition) is 0. The predicted molar refractivity (Wildman–Crippen MR) is 101 cm³/mol. The second-order valence-electron chi connectivity index (χ2n) is 4.07. The van der Waals surface area contributed by atoms with Crippen molar-refractivity contribution in [2.75, 3.05) is 13.2 Å². The summed E-state index contributed by atoms with van der Waals surface area (Å²) in [7, 11) is -1.28. The van der Waals surface area contributed by atoms with Crippen LogP contribution in [0.1, 0.15) is 12.8 Å². The quantitative estimate of drug-likeness (QED) is 0.366. The van der Waals surface area contributed by atoms with Gasteiger partial charge in [-0.2, -0.15) is 6.08 Å². The van der Waals surface area contributed by atoms with Gasteiger partial charge in [-0.3, -0.25) is 6.08 Å². The van der Waals surface area contributed by atoms with Gasteiger partial charge in [0.1, 0.15) is 0 Å². The van der Waals surface area contributed by atoms with Gasteiger partial charge in [0, 0.05) is 6.61 Å². The van der Waals surface area contributed by atoms with Gasteiger partial charge >= 0.3 is 30.2 Å². The Balaban J connectivity index is -0.0000000391. The molecule has 1 rings (SSSR count). The molecule has 0 bridgehead atoms. The molecule has 0 aromatic carbocycles. The van der Waals surface area contributed by atoms with Crippen LogP contribution in [0.15, 0.2) is 18.2 Å². The molecule has 0 aromatic heterocycles. The summed E-state index contributed by atoms with van der Waals surface area (Å²) in [5.74, 6) is 0. The van der Waals surface area contributed by atoms with E-state index in [1.807, 2.05) is 19.0 Å². The van der Waals surface area contributed by atoms with Crippen LogP contribution in [0.3, 0.4) is 0 Å². The average Bonchev–Trinajstić information content (AvgIpc) is 2.77. The number of halogens is 2. The molecule has 124 valence electrons. The Hall–Kier alpha value is 1.30. The number of rotatable bonds is 4. The van der Waals surface area contributed by atoms with E-state index in [0.717, 1.165) is 19.4 Å². The summed E-state index contributed by atoms with van der Waals surface area (Å²) in [6.45, 7) is 9.71. The van der Waals surface area contributed by atoms with Crippen molar-refractivity contribution >= 4 is 40.0 Å². The molecule has 0 fully saturated rings. The van der Waals surface area contributed by atoms with E-state index in [-0.39, 0.29) is 39.7 Å². The van der Waals surface area contributed by atoms with E-state index >= 15 is 0 Å². The van der Waals surface area contributed by atoms with Gasteiger partial charge in [-0.15, -0.1) is 37.8 Å². The monoisotopic (exact) mass is 433 g/mol. The fraction of sp³-hybridized carbons (Fsp3) is 0.538. The normalized spacial score (nSPS) is 9.95. The SMILES string of the molecule is C[Si](C)(C)OCCC[NH-].Cl.Cl.[C-]1=CC=CC1.[CH3-].[CH3-].[SiH2]=[Zr]. The van der Waals surface area contributed by atoms with Crippen LogP contribution in [-0.2, 0) is 27.8 Å². The zero-order chi connectivity index (χ0) is 12.9. The molecule has 1 N–H and O–H groups in total. The van der Waals surface area contributed by atoms with Crippen molar-refractivity contribution in [3.8, 4) is 0 Å². The summed E-state index contributed by atoms with van der Waals surface area (Å²) >= 11 is 1.58. The Morgan fingerprint density at radius 3 is 1.95 bits per heavy atom. The van der Waals surface area contributed by atoms with E-state index in [4.69, 9.17) is 10.2 Å². The second-order valence-corrected chi connectivity index (χ2v) is 8.58. The summed E-state index contributed by atoms with van der Waals surface area (Å²) in [4.78, 5) is 0. The zero-order valence-corrected chi connectivity index (χ0v) is 20.0. The van der Waals surface area contributed by atoms with Gasteiger partial charge in [-0.25, -0.2) is 12.2 Å². The van der Waals surface area contributed by atoms with E-state index in [2.05, 4.69) is 31.8 Å². The summed E-state index contributed by atoms with van der Waals surface area (Å²) in [5, 5.41) is 0. The van der Waals surface area contributed by atoms with Crippen LogP contribution in [0.5, 0.6) is 0 Å². The average molecular weight is 436 g/mol. The fourth-order valence-corrected chi connectivity index (χ4v) is 1.55. The van der Waals surface area contributed by atoms with E-state index in [1.165, 1.54) is 0 Å². The first-order valence-electron chi connectivity index (χ1n) is 5.42. The Morgan fingerprint density at radius 2 is 1.75 bits per heavy atom. The van der Waals surface area contributed by atoms with Crippen molar-refractivity contribution < 1.29 is 27.8 Å². The molecule has 0 spiro atoms. The summed E-state index contributed by atoms with van der Waals surface area (Å²) in [6, 6.07) is 0. The first-order valence-corrected chi connectivity index (χ1v) is 14.7. The Morgan fingerprint density at radius 1 is 1.25 bits per heavy atom. The minimum atomic E-state index is -1.28. The number of hydrogen-bond acceptors (Lipinski definition) is 1. The molecular formula is C13H31Cl2NOSi2Zr-4. The van der Waals surface area contributed by atoms with E-state index < -0.39 is 8.32 Å². The third kappa shape index (κ3) is 42.7. The van der Waals surface area contributed by atoms with E-state index in [1.54, 1.807) is 23.3 Å². The third-order valence-corrected chi connectivity index (χ3v) is 2.51. The van der Waals surface area contributed by atoms with Gasteiger partial charge in [0.2, 0.25) is 0 Å². The van der Waals surface area contributed by atoms with Gasteiger partial charge < -0.3 is 25.0 Å². The third-order valence-electron chi connectivity index (χ3n) is 1.44. The fourth-order valence-electron chi connectivity index (χ4n) is 0.791. The first-order chi connectivity index (χ1) is 7.56. The molecule has 0 heterocycles. The molecule has 2 nitrogen and oxygen atoms in total. The number of allylic oxidation sites excluding steroid dienone is 4. The van der Waals surface area contributed by atoms with Crippen LogP contribution in [-0.4, -0.2) is 28.3 Å². The van der Waals surface area contributed by atoms with Gasteiger partial charge in [-0.1, -0.05) is 0 Å². The molecule has 1 aliphatic carbocycles. The summed E-state index contributed by atoms with van der Waals surface area (Å²) in [6.07, 6.45) is 10.9. The molecular weight excluding hydrogens is 404 g/mol. The van der Waals surface area contributed by atoms with Crippen LogP contribution >= 0.6 is 24.8 Å². The van der Waals surface area contributed by atoms with Crippen molar-refractivity contribution in [1.29, 1.82) is 0 Å². The summed E-state index contributed by atoms with van der Waals surface area (Å²) in [5.41, 5.74) is 6.85. The van der Waals surface area contributed by atoms with Gasteiger partial charge in [-0.05, 0) is 26.1 Å². The predicted octanol–water partition coefficient (Wildman–Crippen LogP) is 4.41. The molecule has 0 unspecified atom stereocenters. The van der Waals surface area contributed by atoms with Crippen molar-refractivity contribution in [3.05, 3.63) is 44.9 Å². The maximum absolute atomic E-state index is 6.85. The molecule has 0 amide bonds. The molecule has 0 radical (unpaired) electrons. The molecule has 1 aliphatic rings. The van der Waals surface area contributed by atoms with Gasteiger partial charge in [0.05, 0.1) is 0 Å². The molecule has 7 heteroatoms. The molecule has 0 saturated carbocycles. The first kappa shape index (κ1) is 37.5. The van der Waals surface area contributed by atoms with E-state index in [0.29, 0.717) is 6.54 Å². The molecule has 0 aliphatic heterocycles. The molecule has 0 atom stereocenters. The Bertz CT molecular complexity index is 203. The van der Waals surface area contributed by atoms with Gasteiger partial charge in [0.25, 0.3) is 0 Å². The summed E-state index contributed by atoms with van der Waals surface area (Å²) < 4.78 is 5.49. The molecule has 20 heavy (non-hydrogen) atoms. The van der Waals surface area contributed by atoms with Gasteiger partial charge in [0.15, 0.2) is 8.32 Å². The molecule has 0 saturated heterocycles. The Labute approximate surface area is 157 Å². The van der Waals surface area contributed by atoms with Crippen molar-refractivity contribution in [1.82, 2.24) is 0 Å². The second kappa shape index (κ2) is 28.5. The Kier molecular flexibility index (Phi) is 53.3.